The van der Waals surface area contributed by atoms with E-state index < -0.39 is 0 Å². The van der Waals surface area contributed by atoms with E-state index in [1.807, 2.05) is 14.0 Å². The van der Waals surface area contributed by atoms with Crippen LogP contribution in [0.3, 0.4) is 0 Å². The molecule has 1 N–H and O–H groups in total. The van der Waals surface area contributed by atoms with E-state index in [2.05, 4.69) is 19.2 Å². The van der Waals surface area contributed by atoms with Crippen molar-refractivity contribution in [3.8, 4) is 0 Å². The van der Waals surface area contributed by atoms with Crippen molar-refractivity contribution in [1.82, 2.24) is 5.32 Å². The van der Waals surface area contributed by atoms with Gasteiger partial charge in [-0.05, 0) is 13.0 Å². The van der Waals surface area contributed by atoms with Crippen LogP contribution in [0.25, 0.3) is 0 Å². The van der Waals surface area contributed by atoms with Crippen molar-refractivity contribution in [1.29, 1.82) is 0 Å². The average Bonchev–Trinajstić information content (AvgIpc) is 2.05. The van der Waals surface area contributed by atoms with Crippen molar-refractivity contribution in [3.63, 3.8) is 0 Å². The van der Waals surface area contributed by atoms with E-state index >= 15 is 0 Å². The van der Waals surface area contributed by atoms with Crippen LogP contribution in [-0.4, -0.2) is 19.4 Å². The van der Waals surface area contributed by atoms with E-state index in [4.69, 9.17) is 0 Å². The molecule has 0 saturated carbocycles. The molecule has 2 atom stereocenters. The highest BCUT2D eigenvalue weighted by Crippen LogP contribution is 2.13. The number of Topliss-reactive ketones (excluding diaryl/α,β-unsaturated/α-hetero) is 1. The number of carbonyl (C=O) groups excluding carboxylic acids is 1. The van der Waals surface area contributed by atoms with E-state index in [0.717, 1.165) is 19.4 Å². The van der Waals surface area contributed by atoms with E-state index in [9.17, 15) is 4.79 Å². The van der Waals surface area contributed by atoms with Gasteiger partial charge in [-0.2, -0.15) is 0 Å². The molecule has 0 radical (unpaired) electrons. The molecule has 0 aromatic rings. The first-order valence-corrected chi connectivity index (χ1v) is 5.29. The maximum atomic E-state index is 11.6. The van der Waals surface area contributed by atoms with Gasteiger partial charge in [0.1, 0.15) is 5.78 Å². The van der Waals surface area contributed by atoms with E-state index in [1.54, 1.807) is 0 Å². The summed E-state index contributed by atoms with van der Waals surface area (Å²) in [6, 6.07) is 0. The van der Waals surface area contributed by atoms with Crippen LogP contribution in [0.1, 0.15) is 40.0 Å². The lowest BCUT2D eigenvalue weighted by molar-refractivity contribution is -0.123. The Hall–Kier alpha value is -0.370. The van der Waals surface area contributed by atoms with Crippen LogP contribution in [0.2, 0.25) is 0 Å². The van der Waals surface area contributed by atoms with Crippen LogP contribution in [-0.2, 0) is 4.79 Å². The van der Waals surface area contributed by atoms with Gasteiger partial charge in [-0.3, -0.25) is 4.79 Å². The smallest absolute Gasteiger partial charge is 0.137 e. The standard InChI is InChI=1S/C11H23NO/c1-5-6-9(2)7-11(13)10(3)8-12-4/h9-10,12H,5-8H2,1-4H3. The lowest BCUT2D eigenvalue weighted by Crippen LogP contribution is -2.24. The third kappa shape index (κ3) is 5.81. The van der Waals surface area contributed by atoms with Crippen molar-refractivity contribution >= 4 is 5.78 Å². The predicted octanol–water partition coefficient (Wildman–Crippen LogP) is 2.24. The van der Waals surface area contributed by atoms with Crippen molar-refractivity contribution in [3.05, 3.63) is 0 Å². The molecule has 0 rings (SSSR count). The van der Waals surface area contributed by atoms with E-state index in [1.165, 1.54) is 6.42 Å². The Balaban J connectivity index is 3.71. The molecule has 13 heavy (non-hydrogen) atoms. The molecule has 0 spiro atoms. The highest BCUT2D eigenvalue weighted by atomic mass is 16.1. The molecule has 2 unspecified atom stereocenters. The van der Waals surface area contributed by atoms with E-state index in [0.29, 0.717) is 11.7 Å². The van der Waals surface area contributed by atoms with Gasteiger partial charge in [0, 0.05) is 18.9 Å². The van der Waals surface area contributed by atoms with Gasteiger partial charge in [0.25, 0.3) is 0 Å². The minimum absolute atomic E-state index is 0.171. The Bertz CT molecular complexity index is 145. The average molecular weight is 185 g/mol. The van der Waals surface area contributed by atoms with Crippen LogP contribution < -0.4 is 5.32 Å². The Morgan fingerprint density at radius 1 is 1.38 bits per heavy atom. The van der Waals surface area contributed by atoms with Crippen molar-refractivity contribution in [2.75, 3.05) is 13.6 Å². The topological polar surface area (TPSA) is 29.1 Å². The second-order valence-corrected chi connectivity index (χ2v) is 4.02. The fraction of sp³-hybridized carbons (Fsp3) is 0.909. The lowest BCUT2D eigenvalue weighted by atomic mass is 9.94. The minimum Gasteiger partial charge on any atom is -0.319 e. The summed E-state index contributed by atoms with van der Waals surface area (Å²) < 4.78 is 0. The van der Waals surface area contributed by atoms with Crippen molar-refractivity contribution in [2.24, 2.45) is 11.8 Å². The summed E-state index contributed by atoms with van der Waals surface area (Å²) in [5.41, 5.74) is 0. The molecule has 0 aromatic heterocycles. The quantitative estimate of drug-likeness (QED) is 0.659. The number of ketones is 1. The summed E-state index contributed by atoms with van der Waals surface area (Å²) in [5, 5.41) is 3.03. The van der Waals surface area contributed by atoms with E-state index in [-0.39, 0.29) is 5.92 Å². The number of rotatable bonds is 7. The molecule has 2 nitrogen and oxygen atoms in total. The minimum atomic E-state index is 0.171. The summed E-state index contributed by atoms with van der Waals surface area (Å²) in [6.07, 6.45) is 3.09. The Kier molecular flexibility index (Phi) is 6.87. The van der Waals surface area contributed by atoms with Gasteiger partial charge < -0.3 is 5.32 Å². The second-order valence-electron chi connectivity index (χ2n) is 4.02. The van der Waals surface area contributed by atoms with Crippen molar-refractivity contribution < 1.29 is 4.79 Å². The van der Waals surface area contributed by atoms with Crippen LogP contribution in [0.4, 0.5) is 0 Å². The fourth-order valence-corrected chi connectivity index (χ4v) is 1.56. The Labute approximate surface area is 82.1 Å². The monoisotopic (exact) mass is 185 g/mol. The summed E-state index contributed by atoms with van der Waals surface area (Å²) in [6.45, 7) is 7.13. The van der Waals surface area contributed by atoms with Crippen LogP contribution in [0.15, 0.2) is 0 Å². The summed E-state index contributed by atoms with van der Waals surface area (Å²) in [5.74, 6) is 1.12. The third-order valence-corrected chi connectivity index (χ3v) is 2.39. The van der Waals surface area contributed by atoms with Crippen molar-refractivity contribution in [2.45, 2.75) is 40.0 Å². The van der Waals surface area contributed by atoms with Gasteiger partial charge in [-0.15, -0.1) is 0 Å². The van der Waals surface area contributed by atoms with Gasteiger partial charge >= 0.3 is 0 Å². The number of nitrogens with one attached hydrogen (secondary N) is 1. The number of hydrogen-bond acceptors (Lipinski definition) is 2. The first-order valence-electron chi connectivity index (χ1n) is 5.29. The highest BCUT2D eigenvalue weighted by molar-refractivity contribution is 5.81. The normalized spacial score (nSPS) is 15.4. The molecule has 0 aliphatic heterocycles. The molecule has 0 fully saturated rings. The zero-order valence-corrected chi connectivity index (χ0v) is 9.39. The molecule has 0 bridgehead atoms. The Morgan fingerprint density at radius 3 is 2.46 bits per heavy atom. The molecular weight excluding hydrogens is 162 g/mol. The molecule has 0 aliphatic carbocycles. The number of carbonyl (C=O) groups is 1. The lowest BCUT2D eigenvalue weighted by Gasteiger charge is -2.13. The zero-order chi connectivity index (χ0) is 10.3. The molecule has 78 valence electrons. The summed E-state index contributed by atoms with van der Waals surface area (Å²) >= 11 is 0. The van der Waals surface area contributed by atoms with Gasteiger partial charge in [0.15, 0.2) is 0 Å². The van der Waals surface area contributed by atoms with Crippen LogP contribution in [0, 0.1) is 11.8 Å². The largest absolute Gasteiger partial charge is 0.319 e. The molecule has 0 saturated heterocycles. The zero-order valence-electron chi connectivity index (χ0n) is 9.39. The molecule has 0 heterocycles. The summed E-state index contributed by atoms with van der Waals surface area (Å²) in [4.78, 5) is 11.6. The van der Waals surface area contributed by atoms with Gasteiger partial charge in [0.05, 0.1) is 0 Å². The Morgan fingerprint density at radius 2 is 2.00 bits per heavy atom. The fourth-order valence-electron chi connectivity index (χ4n) is 1.56. The van der Waals surface area contributed by atoms with Gasteiger partial charge in [-0.1, -0.05) is 33.6 Å². The van der Waals surface area contributed by atoms with Gasteiger partial charge in [0.2, 0.25) is 0 Å². The van der Waals surface area contributed by atoms with Crippen LogP contribution in [0.5, 0.6) is 0 Å². The highest BCUT2D eigenvalue weighted by Gasteiger charge is 2.14. The van der Waals surface area contributed by atoms with Crippen LogP contribution >= 0.6 is 0 Å². The molecular formula is C11H23NO. The SMILES string of the molecule is CCCC(C)CC(=O)C(C)CNC. The third-order valence-electron chi connectivity index (χ3n) is 2.39. The number of hydrogen-bond donors (Lipinski definition) is 1. The predicted molar refractivity (Wildman–Crippen MR) is 56.8 cm³/mol. The molecule has 2 heteroatoms. The maximum absolute atomic E-state index is 11.6. The molecule has 0 aliphatic rings. The first-order chi connectivity index (χ1) is 6.11. The second kappa shape index (κ2) is 7.07. The first kappa shape index (κ1) is 12.6. The van der Waals surface area contributed by atoms with Gasteiger partial charge in [-0.25, -0.2) is 0 Å². The summed E-state index contributed by atoms with van der Waals surface area (Å²) in [7, 11) is 1.89. The molecule has 0 amide bonds. The maximum Gasteiger partial charge on any atom is 0.137 e. The molecule has 0 aromatic carbocycles.